The van der Waals surface area contributed by atoms with Crippen LogP contribution in [0.15, 0.2) is 18.3 Å². The molecule has 2 heterocycles. The summed E-state index contributed by atoms with van der Waals surface area (Å²) in [7, 11) is 0. The minimum atomic E-state index is -0.000922. The molecule has 0 saturated heterocycles. The van der Waals surface area contributed by atoms with Crippen LogP contribution in [0, 0.1) is 20.8 Å². The van der Waals surface area contributed by atoms with Crippen LogP contribution in [0.5, 0.6) is 0 Å². The van der Waals surface area contributed by atoms with E-state index in [4.69, 9.17) is 0 Å². The molecule has 134 valence electrons. The minimum Gasteiger partial charge on any atom is -0.358 e. The monoisotopic (exact) mass is 348 g/mol. The number of aromatic nitrogens is 3. The van der Waals surface area contributed by atoms with E-state index >= 15 is 0 Å². The zero-order valence-electron chi connectivity index (χ0n) is 15.6. The molecular formula is C21H24N4O. The highest BCUT2D eigenvalue weighted by molar-refractivity contribution is 5.93. The molecule has 0 saturated carbocycles. The molecule has 26 heavy (non-hydrogen) atoms. The molecule has 0 atom stereocenters. The normalized spacial score (nSPS) is 13.2. The predicted molar refractivity (Wildman–Crippen MR) is 102 cm³/mol. The van der Waals surface area contributed by atoms with Gasteiger partial charge in [-0.05, 0) is 62.3 Å². The summed E-state index contributed by atoms with van der Waals surface area (Å²) in [5.74, 6) is 0.695. The van der Waals surface area contributed by atoms with Crippen molar-refractivity contribution in [1.82, 2.24) is 20.3 Å². The number of nitrogens with one attached hydrogen (secondary N) is 2. The van der Waals surface area contributed by atoms with Crippen LogP contribution in [-0.2, 0) is 30.6 Å². The van der Waals surface area contributed by atoms with Crippen molar-refractivity contribution >= 4 is 16.8 Å². The Balaban J connectivity index is 1.49. The molecule has 0 fully saturated rings. The van der Waals surface area contributed by atoms with E-state index in [0.717, 1.165) is 41.7 Å². The first kappa shape index (κ1) is 16.8. The summed E-state index contributed by atoms with van der Waals surface area (Å²) in [6.07, 6.45) is 5.51. The average Bonchev–Trinajstić information content (AvgIpc) is 3.21. The van der Waals surface area contributed by atoms with Crippen molar-refractivity contribution in [3.05, 3.63) is 57.8 Å². The molecular weight excluding hydrogens is 324 g/mol. The lowest BCUT2D eigenvalue weighted by Gasteiger charge is -2.07. The number of carbonyl (C=O) groups is 1. The van der Waals surface area contributed by atoms with Gasteiger partial charge in [0.05, 0.1) is 13.0 Å². The van der Waals surface area contributed by atoms with Crippen molar-refractivity contribution in [1.29, 1.82) is 0 Å². The third-order valence-corrected chi connectivity index (χ3v) is 5.33. The van der Waals surface area contributed by atoms with Crippen LogP contribution in [0.2, 0.25) is 0 Å². The van der Waals surface area contributed by atoms with Crippen molar-refractivity contribution in [2.24, 2.45) is 0 Å². The van der Waals surface area contributed by atoms with Crippen molar-refractivity contribution < 1.29 is 4.79 Å². The van der Waals surface area contributed by atoms with E-state index < -0.39 is 0 Å². The molecule has 3 aromatic rings. The number of carbonyl (C=O) groups excluding carboxylic acids is 1. The van der Waals surface area contributed by atoms with Gasteiger partial charge < -0.3 is 10.3 Å². The lowest BCUT2D eigenvalue weighted by molar-refractivity contribution is -0.120. The second-order valence-electron chi connectivity index (χ2n) is 7.24. The zero-order valence-corrected chi connectivity index (χ0v) is 15.6. The fourth-order valence-electron chi connectivity index (χ4n) is 3.87. The Kier molecular flexibility index (Phi) is 4.23. The van der Waals surface area contributed by atoms with Crippen LogP contribution < -0.4 is 5.32 Å². The van der Waals surface area contributed by atoms with Crippen LogP contribution in [0.25, 0.3) is 10.9 Å². The highest BCUT2D eigenvalue weighted by atomic mass is 16.1. The number of benzene rings is 1. The first-order valence-corrected chi connectivity index (χ1v) is 9.20. The van der Waals surface area contributed by atoms with E-state index in [1.54, 1.807) is 0 Å². The van der Waals surface area contributed by atoms with Crippen LogP contribution in [-0.4, -0.2) is 20.9 Å². The van der Waals surface area contributed by atoms with Crippen molar-refractivity contribution in [2.75, 3.05) is 0 Å². The summed E-state index contributed by atoms with van der Waals surface area (Å²) >= 11 is 0. The molecule has 0 aliphatic heterocycles. The van der Waals surface area contributed by atoms with Gasteiger partial charge in [0.2, 0.25) is 5.91 Å². The zero-order chi connectivity index (χ0) is 18.3. The summed E-state index contributed by atoms with van der Waals surface area (Å²) in [5, 5.41) is 4.15. The maximum atomic E-state index is 12.5. The first-order valence-electron chi connectivity index (χ1n) is 9.20. The molecule has 0 radical (unpaired) electrons. The third kappa shape index (κ3) is 2.98. The highest BCUT2D eigenvalue weighted by Crippen LogP contribution is 2.28. The van der Waals surface area contributed by atoms with Gasteiger partial charge in [-0.25, -0.2) is 9.97 Å². The lowest BCUT2D eigenvalue weighted by atomic mass is 10.0. The number of amides is 1. The molecule has 1 aliphatic rings. The third-order valence-electron chi connectivity index (χ3n) is 5.33. The molecule has 2 N–H and O–H groups in total. The van der Waals surface area contributed by atoms with Gasteiger partial charge in [0, 0.05) is 28.5 Å². The Morgan fingerprint density at radius 1 is 1.19 bits per heavy atom. The molecule has 1 amide bonds. The number of aryl methyl sites for hydroxylation is 5. The van der Waals surface area contributed by atoms with Gasteiger partial charge in [-0.15, -0.1) is 0 Å². The quantitative estimate of drug-likeness (QED) is 0.760. The minimum absolute atomic E-state index is 0.000922. The van der Waals surface area contributed by atoms with Crippen LogP contribution in [0.3, 0.4) is 0 Å². The van der Waals surface area contributed by atoms with Gasteiger partial charge in [-0.3, -0.25) is 4.79 Å². The van der Waals surface area contributed by atoms with Gasteiger partial charge in [0.15, 0.2) is 0 Å². The second kappa shape index (κ2) is 6.56. The summed E-state index contributed by atoms with van der Waals surface area (Å²) in [4.78, 5) is 24.9. The van der Waals surface area contributed by atoms with Gasteiger partial charge in [0.1, 0.15) is 5.82 Å². The summed E-state index contributed by atoms with van der Waals surface area (Å²) < 4.78 is 0. The number of fused-ring (bicyclic) bond motifs is 2. The molecule has 4 rings (SSSR count). The SMILES string of the molecule is Cc1[nH]c2c(C)ccc(C)c2c1CC(=O)NCc1ncc2c(n1)CCC2. The summed E-state index contributed by atoms with van der Waals surface area (Å²) in [6.45, 7) is 6.60. The number of H-pyrrole nitrogens is 1. The molecule has 1 aromatic carbocycles. The van der Waals surface area contributed by atoms with Crippen LogP contribution in [0.4, 0.5) is 0 Å². The lowest BCUT2D eigenvalue weighted by Crippen LogP contribution is -2.26. The van der Waals surface area contributed by atoms with Gasteiger partial charge in [0.25, 0.3) is 0 Å². The topological polar surface area (TPSA) is 70.7 Å². The number of hydrogen-bond acceptors (Lipinski definition) is 3. The molecule has 5 nitrogen and oxygen atoms in total. The Morgan fingerprint density at radius 3 is 2.85 bits per heavy atom. The summed E-state index contributed by atoms with van der Waals surface area (Å²) in [6, 6.07) is 4.23. The largest absolute Gasteiger partial charge is 0.358 e. The second-order valence-corrected chi connectivity index (χ2v) is 7.24. The molecule has 0 bridgehead atoms. The Labute approximate surface area is 153 Å². The maximum absolute atomic E-state index is 12.5. The van der Waals surface area contributed by atoms with E-state index in [2.05, 4.69) is 46.2 Å². The van der Waals surface area contributed by atoms with Gasteiger partial charge in [-0.2, -0.15) is 0 Å². The summed E-state index contributed by atoms with van der Waals surface area (Å²) in [5.41, 5.74) is 8.05. The highest BCUT2D eigenvalue weighted by Gasteiger charge is 2.17. The van der Waals surface area contributed by atoms with E-state index in [-0.39, 0.29) is 5.91 Å². The number of hydrogen-bond donors (Lipinski definition) is 2. The molecule has 5 heteroatoms. The maximum Gasteiger partial charge on any atom is 0.224 e. The standard InChI is InChI=1S/C21H24N4O/c1-12-7-8-13(2)21-20(12)16(14(3)24-21)9-19(26)23-11-18-22-10-15-5-4-6-17(15)25-18/h7-8,10,24H,4-6,9,11H2,1-3H3,(H,23,26). The average molecular weight is 348 g/mol. The van der Waals surface area contributed by atoms with Crippen molar-refractivity contribution in [3.63, 3.8) is 0 Å². The molecule has 0 spiro atoms. The number of nitrogens with zero attached hydrogens (tertiary/aromatic N) is 2. The van der Waals surface area contributed by atoms with Gasteiger partial charge >= 0.3 is 0 Å². The van der Waals surface area contributed by atoms with Gasteiger partial charge in [-0.1, -0.05) is 12.1 Å². The van der Waals surface area contributed by atoms with E-state index in [1.807, 2.05) is 13.1 Å². The smallest absolute Gasteiger partial charge is 0.224 e. The predicted octanol–water partition coefficient (Wildman–Crippen LogP) is 3.23. The number of aromatic amines is 1. The fraction of sp³-hybridized carbons (Fsp3) is 0.381. The number of rotatable bonds is 4. The van der Waals surface area contributed by atoms with E-state index in [0.29, 0.717) is 18.8 Å². The molecule has 1 aliphatic carbocycles. The Hall–Kier alpha value is -2.69. The van der Waals surface area contributed by atoms with Crippen molar-refractivity contribution in [2.45, 2.75) is 53.0 Å². The molecule has 0 unspecified atom stereocenters. The fourth-order valence-corrected chi connectivity index (χ4v) is 3.87. The Morgan fingerprint density at radius 2 is 2.00 bits per heavy atom. The van der Waals surface area contributed by atoms with Crippen LogP contribution in [0.1, 0.15) is 45.9 Å². The van der Waals surface area contributed by atoms with E-state index in [9.17, 15) is 4.79 Å². The Bertz CT molecular complexity index is 1000. The van der Waals surface area contributed by atoms with E-state index in [1.165, 1.54) is 22.1 Å². The molecule has 2 aromatic heterocycles. The van der Waals surface area contributed by atoms with Crippen molar-refractivity contribution in [3.8, 4) is 0 Å². The van der Waals surface area contributed by atoms with Crippen LogP contribution >= 0.6 is 0 Å². The first-order chi connectivity index (χ1) is 12.5.